The Balaban J connectivity index is 1.61. The summed E-state index contributed by atoms with van der Waals surface area (Å²) in [7, 11) is 0. The van der Waals surface area contributed by atoms with Gasteiger partial charge in [-0.15, -0.1) is 0 Å². The molecule has 7 nitrogen and oxygen atoms in total. The van der Waals surface area contributed by atoms with E-state index in [1.54, 1.807) is 23.0 Å². The zero-order valence-electron chi connectivity index (χ0n) is 16.4. The Morgan fingerprint density at radius 2 is 2.04 bits per heavy atom. The lowest BCUT2D eigenvalue weighted by molar-refractivity contribution is 0.0932. The van der Waals surface area contributed by atoms with Crippen molar-refractivity contribution in [2.24, 2.45) is 0 Å². The lowest BCUT2D eigenvalue weighted by Gasteiger charge is -2.12. The minimum atomic E-state index is -0.238. The Morgan fingerprint density at radius 3 is 2.71 bits per heavy atom. The average Bonchev–Trinajstić information content (AvgIpc) is 3.27. The van der Waals surface area contributed by atoms with Crippen LogP contribution in [0.15, 0.2) is 36.7 Å². The summed E-state index contributed by atoms with van der Waals surface area (Å²) in [5.41, 5.74) is 3.18. The van der Waals surface area contributed by atoms with Gasteiger partial charge in [0.2, 0.25) is 0 Å². The van der Waals surface area contributed by atoms with Crippen LogP contribution in [0.5, 0.6) is 5.75 Å². The topological polar surface area (TPSA) is 74.0 Å². The van der Waals surface area contributed by atoms with Crippen LogP contribution in [0, 0.1) is 13.8 Å². The fourth-order valence-corrected chi connectivity index (χ4v) is 3.16. The quantitative estimate of drug-likeness (QED) is 0.651. The molecule has 0 fully saturated rings. The molecule has 2 aromatic heterocycles. The van der Waals surface area contributed by atoms with Crippen LogP contribution in [0.4, 0.5) is 0 Å². The van der Waals surface area contributed by atoms with Gasteiger partial charge in [-0.25, -0.2) is 4.68 Å². The van der Waals surface area contributed by atoms with Gasteiger partial charge in [0.05, 0.1) is 11.7 Å². The van der Waals surface area contributed by atoms with Crippen LogP contribution in [-0.2, 0) is 13.3 Å². The Bertz CT molecular complexity index is 979. The number of hydrogen-bond donors (Lipinski definition) is 1. The zero-order valence-corrected chi connectivity index (χ0v) is 17.2. The first kappa shape index (κ1) is 19.9. The second kappa shape index (κ2) is 8.48. The largest absolute Gasteiger partial charge is 0.471 e. The summed E-state index contributed by atoms with van der Waals surface area (Å²) >= 11 is 5.95. The van der Waals surface area contributed by atoms with Crippen molar-refractivity contribution in [2.45, 2.75) is 47.0 Å². The van der Waals surface area contributed by atoms with Gasteiger partial charge >= 0.3 is 0 Å². The number of benzene rings is 1. The lowest BCUT2D eigenvalue weighted by Crippen LogP contribution is -2.27. The molecule has 2 heterocycles. The van der Waals surface area contributed by atoms with Crippen LogP contribution in [-0.4, -0.2) is 25.5 Å². The summed E-state index contributed by atoms with van der Waals surface area (Å²) in [4.78, 5) is 12.5. The van der Waals surface area contributed by atoms with Crippen LogP contribution in [0.3, 0.4) is 0 Å². The van der Waals surface area contributed by atoms with Gasteiger partial charge in [-0.05, 0) is 57.5 Å². The number of aromatic nitrogens is 4. The number of nitrogens with zero attached hydrogens (tertiary/aromatic N) is 4. The molecule has 1 atom stereocenters. The fraction of sp³-hybridized carbons (Fsp3) is 0.350. The third-order valence-corrected chi connectivity index (χ3v) is 4.72. The highest BCUT2D eigenvalue weighted by molar-refractivity contribution is 6.30. The predicted molar refractivity (Wildman–Crippen MR) is 108 cm³/mol. The van der Waals surface area contributed by atoms with E-state index in [-0.39, 0.29) is 18.7 Å². The van der Waals surface area contributed by atoms with Crippen LogP contribution in [0.2, 0.25) is 5.02 Å². The van der Waals surface area contributed by atoms with Crippen molar-refractivity contribution in [2.75, 3.05) is 0 Å². The molecule has 0 aliphatic carbocycles. The van der Waals surface area contributed by atoms with Crippen LogP contribution in [0.1, 0.15) is 47.2 Å². The highest BCUT2D eigenvalue weighted by Crippen LogP contribution is 2.22. The van der Waals surface area contributed by atoms with Crippen LogP contribution >= 0.6 is 11.6 Å². The summed E-state index contributed by atoms with van der Waals surface area (Å²) < 4.78 is 9.19. The number of halogens is 1. The molecule has 0 saturated heterocycles. The van der Waals surface area contributed by atoms with E-state index in [1.807, 2.05) is 50.7 Å². The molecule has 0 spiro atoms. The summed E-state index contributed by atoms with van der Waals surface area (Å²) in [5, 5.41) is 12.3. The normalized spacial score (nSPS) is 12.0. The zero-order chi connectivity index (χ0) is 20.3. The van der Waals surface area contributed by atoms with Crippen molar-refractivity contribution in [3.05, 3.63) is 64.2 Å². The van der Waals surface area contributed by atoms with Gasteiger partial charge in [-0.2, -0.15) is 10.2 Å². The minimum Gasteiger partial charge on any atom is -0.471 e. The molecule has 3 rings (SSSR count). The lowest BCUT2D eigenvalue weighted by atomic mass is 10.1. The molecule has 0 aliphatic heterocycles. The van der Waals surface area contributed by atoms with E-state index in [9.17, 15) is 4.79 Å². The molecular weight excluding hydrogens is 378 g/mol. The molecule has 1 N–H and O–H groups in total. The molecule has 0 bridgehead atoms. The standard InChI is InChI=1S/C20H24ClN5O2/c1-5-25-11-17(15(4)23-25)14(3)22-20(27)18-8-9-26(24-18)12-28-19-7-6-16(21)10-13(19)2/h6-11,14H,5,12H2,1-4H3,(H,22,27). The number of nitrogens with one attached hydrogen (secondary N) is 1. The first-order valence-corrected chi connectivity index (χ1v) is 9.52. The van der Waals surface area contributed by atoms with Gasteiger partial charge in [0.1, 0.15) is 11.4 Å². The second-order valence-corrected chi connectivity index (χ2v) is 7.08. The van der Waals surface area contributed by atoms with Crippen molar-refractivity contribution in [3.8, 4) is 5.75 Å². The number of hydrogen-bond acceptors (Lipinski definition) is 4. The molecule has 148 valence electrons. The van der Waals surface area contributed by atoms with Crippen molar-refractivity contribution < 1.29 is 9.53 Å². The second-order valence-electron chi connectivity index (χ2n) is 6.64. The molecular formula is C20H24ClN5O2. The van der Waals surface area contributed by atoms with Gasteiger partial charge in [-0.1, -0.05) is 11.6 Å². The van der Waals surface area contributed by atoms with E-state index in [4.69, 9.17) is 16.3 Å². The number of rotatable bonds is 7. The summed E-state index contributed by atoms with van der Waals surface area (Å²) in [6.45, 7) is 8.82. The Hall–Kier alpha value is -2.80. The van der Waals surface area contributed by atoms with E-state index in [0.29, 0.717) is 10.7 Å². The summed E-state index contributed by atoms with van der Waals surface area (Å²) in [6.07, 6.45) is 3.67. The first-order chi connectivity index (χ1) is 13.4. The van der Waals surface area contributed by atoms with Crippen molar-refractivity contribution in [1.82, 2.24) is 24.9 Å². The van der Waals surface area contributed by atoms with E-state index in [1.165, 1.54) is 0 Å². The maximum absolute atomic E-state index is 12.5. The smallest absolute Gasteiger partial charge is 0.272 e. The van der Waals surface area contributed by atoms with Crippen LogP contribution < -0.4 is 10.1 Å². The number of aryl methyl sites for hydroxylation is 3. The number of amides is 1. The van der Waals surface area contributed by atoms with Crippen molar-refractivity contribution in [1.29, 1.82) is 0 Å². The molecule has 1 amide bonds. The monoisotopic (exact) mass is 401 g/mol. The average molecular weight is 402 g/mol. The Kier molecular flexibility index (Phi) is 6.04. The highest BCUT2D eigenvalue weighted by Gasteiger charge is 2.17. The third-order valence-electron chi connectivity index (χ3n) is 4.49. The van der Waals surface area contributed by atoms with E-state index < -0.39 is 0 Å². The van der Waals surface area contributed by atoms with Gasteiger partial charge < -0.3 is 10.1 Å². The van der Waals surface area contributed by atoms with E-state index in [2.05, 4.69) is 15.5 Å². The van der Waals surface area contributed by atoms with Crippen molar-refractivity contribution in [3.63, 3.8) is 0 Å². The SMILES string of the molecule is CCn1cc(C(C)NC(=O)c2ccn(COc3ccc(Cl)cc3C)n2)c(C)n1. The van der Waals surface area contributed by atoms with E-state index in [0.717, 1.165) is 29.1 Å². The molecule has 0 saturated carbocycles. The molecule has 0 aliphatic rings. The molecule has 0 radical (unpaired) electrons. The maximum Gasteiger partial charge on any atom is 0.272 e. The van der Waals surface area contributed by atoms with Crippen molar-refractivity contribution >= 4 is 17.5 Å². The summed E-state index contributed by atoms with van der Waals surface area (Å²) in [6, 6.07) is 6.93. The Labute approximate surface area is 169 Å². The van der Waals surface area contributed by atoms with Gasteiger partial charge in [0.25, 0.3) is 5.91 Å². The molecule has 28 heavy (non-hydrogen) atoms. The maximum atomic E-state index is 12.5. The number of carbonyl (C=O) groups is 1. The van der Waals surface area contributed by atoms with E-state index >= 15 is 0 Å². The first-order valence-electron chi connectivity index (χ1n) is 9.14. The molecule has 3 aromatic rings. The van der Waals surface area contributed by atoms with Gasteiger partial charge in [0, 0.05) is 29.5 Å². The van der Waals surface area contributed by atoms with Gasteiger partial charge in [0.15, 0.2) is 6.73 Å². The summed E-state index contributed by atoms with van der Waals surface area (Å²) in [5.74, 6) is 0.487. The fourth-order valence-electron chi connectivity index (χ4n) is 2.93. The minimum absolute atomic E-state index is 0.161. The number of ether oxygens (including phenoxy) is 1. The number of carbonyl (C=O) groups excluding carboxylic acids is 1. The third kappa shape index (κ3) is 4.54. The predicted octanol–water partition coefficient (Wildman–Crippen LogP) is 3.90. The van der Waals surface area contributed by atoms with Crippen LogP contribution in [0.25, 0.3) is 0 Å². The molecule has 8 heteroatoms. The molecule has 1 aromatic carbocycles. The molecule has 1 unspecified atom stereocenters. The van der Waals surface area contributed by atoms with Gasteiger partial charge in [-0.3, -0.25) is 9.48 Å². The Morgan fingerprint density at radius 1 is 1.25 bits per heavy atom. The highest BCUT2D eigenvalue weighted by atomic mass is 35.5.